The summed E-state index contributed by atoms with van der Waals surface area (Å²) in [7, 11) is -4.22. The Hall–Kier alpha value is -3.57. The topological polar surface area (TPSA) is 144 Å². The zero-order chi connectivity index (χ0) is 26.8. The smallest absolute Gasteiger partial charge is 0.335 e. The summed E-state index contributed by atoms with van der Waals surface area (Å²) in [5, 5.41) is 9.22. The van der Waals surface area contributed by atoms with E-state index in [-0.39, 0.29) is 35.3 Å². The van der Waals surface area contributed by atoms with Crippen LogP contribution in [0.1, 0.15) is 47.2 Å². The maximum Gasteiger partial charge on any atom is 0.335 e. The fourth-order valence-corrected chi connectivity index (χ4v) is 5.34. The summed E-state index contributed by atoms with van der Waals surface area (Å²) in [5.41, 5.74) is 7.69. The van der Waals surface area contributed by atoms with E-state index in [0.717, 1.165) is 29.2 Å². The normalized spacial score (nSPS) is 15.5. The summed E-state index contributed by atoms with van der Waals surface area (Å²) in [4.78, 5) is 19.7. The molecule has 1 aromatic heterocycles. The number of aromatic carboxylic acids is 1. The molecule has 4 N–H and O–H groups in total. The lowest BCUT2D eigenvalue weighted by Crippen LogP contribution is -2.41. The molecule has 37 heavy (non-hydrogen) atoms. The van der Waals surface area contributed by atoms with Gasteiger partial charge in [-0.05, 0) is 68.9 Å². The molecular formula is C26H29FN4O5S. The van der Waals surface area contributed by atoms with Gasteiger partial charge in [0.05, 0.1) is 16.2 Å². The second-order valence-corrected chi connectivity index (χ2v) is 11.1. The van der Waals surface area contributed by atoms with E-state index < -0.39 is 27.7 Å². The standard InChI is InChI=1S/C26H29FN4O5S/c1-16-6-3-7-17(2)23(16)21-13-22(36-15-19(28)14-26(27)10-5-11-26)30-25(29-21)31-37(34,35)20-9-4-8-18(12-20)24(32)33/h3-4,6-9,12-13,19H,5,10-11,14-15,28H2,1-2H3,(H,32,33)(H,29,30,31)/t19-/m1/s1. The van der Waals surface area contributed by atoms with E-state index in [9.17, 15) is 22.7 Å². The van der Waals surface area contributed by atoms with Crippen molar-refractivity contribution in [3.63, 3.8) is 0 Å². The lowest BCUT2D eigenvalue weighted by molar-refractivity contribution is 0.0405. The Morgan fingerprint density at radius 1 is 1.16 bits per heavy atom. The molecule has 0 saturated heterocycles. The first-order valence-corrected chi connectivity index (χ1v) is 13.3. The molecule has 0 aliphatic heterocycles. The number of nitrogens with zero attached hydrogens (tertiary/aromatic N) is 2. The van der Waals surface area contributed by atoms with Crippen LogP contribution in [-0.4, -0.2) is 47.8 Å². The van der Waals surface area contributed by atoms with Gasteiger partial charge in [0.25, 0.3) is 10.0 Å². The number of hydrogen-bond donors (Lipinski definition) is 3. The highest BCUT2D eigenvalue weighted by Gasteiger charge is 2.38. The van der Waals surface area contributed by atoms with Crippen LogP contribution in [0.3, 0.4) is 0 Å². The first-order chi connectivity index (χ1) is 17.5. The van der Waals surface area contributed by atoms with Crippen LogP contribution in [-0.2, 0) is 10.0 Å². The highest BCUT2D eigenvalue weighted by molar-refractivity contribution is 7.92. The van der Waals surface area contributed by atoms with Gasteiger partial charge < -0.3 is 15.6 Å². The third-order valence-electron chi connectivity index (χ3n) is 6.38. The molecule has 1 saturated carbocycles. The van der Waals surface area contributed by atoms with Crippen LogP contribution < -0.4 is 15.2 Å². The van der Waals surface area contributed by atoms with Crippen molar-refractivity contribution in [1.82, 2.24) is 9.97 Å². The minimum atomic E-state index is -4.22. The number of ether oxygens (including phenoxy) is 1. The summed E-state index contributed by atoms with van der Waals surface area (Å²) < 4.78 is 48.7. The predicted octanol–water partition coefficient (Wildman–Crippen LogP) is 4.25. The molecule has 0 bridgehead atoms. The number of hydrogen-bond acceptors (Lipinski definition) is 7. The molecular weight excluding hydrogens is 499 g/mol. The quantitative estimate of drug-likeness (QED) is 0.354. The van der Waals surface area contributed by atoms with Crippen LogP contribution in [0.2, 0.25) is 0 Å². The summed E-state index contributed by atoms with van der Waals surface area (Å²) in [5.74, 6) is -1.44. The summed E-state index contributed by atoms with van der Waals surface area (Å²) >= 11 is 0. The maximum absolute atomic E-state index is 14.5. The minimum Gasteiger partial charge on any atom is -0.478 e. The van der Waals surface area contributed by atoms with Gasteiger partial charge in [0, 0.05) is 17.7 Å². The number of benzene rings is 2. The number of aryl methyl sites for hydroxylation is 2. The number of alkyl halides is 1. The van der Waals surface area contributed by atoms with Gasteiger partial charge in [-0.1, -0.05) is 24.3 Å². The molecule has 0 radical (unpaired) electrons. The number of nitrogens with two attached hydrogens (primary N) is 1. The van der Waals surface area contributed by atoms with E-state index in [1.807, 2.05) is 32.0 Å². The molecule has 1 heterocycles. The van der Waals surface area contributed by atoms with Gasteiger partial charge in [0.1, 0.15) is 12.3 Å². The largest absolute Gasteiger partial charge is 0.478 e. The summed E-state index contributed by atoms with van der Waals surface area (Å²) in [6.07, 6.45) is 1.98. The van der Waals surface area contributed by atoms with Gasteiger partial charge in [-0.2, -0.15) is 4.98 Å². The van der Waals surface area contributed by atoms with Gasteiger partial charge in [0.15, 0.2) is 0 Å². The van der Waals surface area contributed by atoms with Gasteiger partial charge in [-0.15, -0.1) is 0 Å². The van der Waals surface area contributed by atoms with Gasteiger partial charge in [0.2, 0.25) is 11.8 Å². The first-order valence-electron chi connectivity index (χ1n) is 11.8. The number of anilines is 1. The molecule has 3 aromatic rings. The molecule has 0 amide bonds. The maximum atomic E-state index is 14.5. The van der Waals surface area contributed by atoms with Crippen LogP contribution in [0.5, 0.6) is 5.88 Å². The van der Waals surface area contributed by atoms with Gasteiger partial charge >= 0.3 is 5.97 Å². The van der Waals surface area contributed by atoms with Crippen LogP contribution in [0.4, 0.5) is 10.3 Å². The lowest BCUT2D eigenvalue weighted by Gasteiger charge is -2.35. The number of carboxylic acids is 1. The second kappa shape index (κ2) is 10.4. The van der Waals surface area contributed by atoms with Crippen molar-refractivity contribution >= 4 is 21.9 Å². The first kappa shape index (κ1) is 26.5. The van der Waals surface area contributed by atoms with Gasteiger partial charge in [-0.3, -0.25) is 0 Å². The highest BCUT2D eigenvalue weighted by Crippen LogP contribution is 2.39. The minimum absolute atomic E-state index is 0.0122. The van der Waals surface area contributed by atoms with Crippen molar-refractivity contribution in [2.75, 3.05) is 11.3 Å². The van der Waals surface area contributed by atoms with E-state index in [0.29, 0.717) is 18.5 Å². The van der Waals surface area contributed by atoms with Crippen LogP contribution in [0.15, 0.2) is 53.4 Å². The molecule has 11 heteroatoms. The molecule has 1 aliphatic rings. The molecule has 4 rings (SSSR count). The fourth-order valence-electron chi connectivity index (χ4n) is 4.35. The number of aromatic nitrogens is 2. The Balaban J connectivity index is 1.66. The zero-order valence-corrected chi connectivity index (χ0v) is 21.4. The van der Waals surface area contributed by atoms with E-state index >= 15 is 0 Å². The Labute approximate surface area is 215 Å². The predicted molar refractivity (Wildman–Crippen MR) is 137 cm³/mol. The number of nitrogens with one attached hydrogen (secondary N) is 1. The molecule has 1 aliphatic carbocycles. The number of carbonyl (C=O) groups is 1. The molecule has 0 unspecified atom stereocenters. The fraction of sp³-hybridized carbons (Fsp3) is 0.346. The van der Waals surface area contributed by atoms with Crippen LogP contribution in [0.25, 0.3) is 11.3 Å². The van der Waals surface area contributed by atoms with Crippen LogP contribution >= 0.6 is 0 Å². The molecule has 1 atom stereocenters. The second-order valence-electron chi connectivity index (χ2n) is 9.40. The lowest BCUT2D eigenvalue weighted by atomic mass is 9.78. The summed E-state index contributed by atoms with van der Waals surface area (Å²) in [6.45, 7) is 3.80. The molecule has 2 aromatic carbocycles. The van der Waals surface area contributed by atoms with E-state index in [1.54, 1.807) is 6.07 Å². The average Bonchev–Trinajstić information content (AvgIpc) is 2.81. The monoisotopic (exact) mass is 528 g/mol. The zero-order valence-electron chi connectivity index (χ0n) is 20.6. The molecule has 1 fully saturated rings. The van der Waals surface area contributed by atoms with Crippen LogP contribution in [0, 0.1) is 13.8 Å². The Morgan fingerprint density at radius 2 is 1.84 bits per heavy atom. The molecule has 196 valence electrons. The average molecular weight is 529 g/mol. The summed E-state index contributed by atoms with van der Waals surface area (Å²) in [6, 6.07) is 11.7. The van der Waals surface area contributed by atoms with Gasteiger partial charge in [-0.25, -0.2) is 27.3 Å². The molecule has 9 nitrogen and oxygen atoms in total. The number of sulfonamides is 1. The molecule has 0 spiro atoms. The third-order valence-corrected chi connectivity index (χ3v) is 7.71. The van der Waals surface area contributed by atoms with E-state index in [2.05, 4.69) is 14.7 Å². The highest BCUT2D eigenvalue weighted by atomic mass is 32.2. The van der Waals surface area contributed by atoms with Crippen molar-refractivity contribution in [3.8, 4) is 17.1 Å². The Morgan fingerprint density at radius 3 is 2.46 bits per heavy atom. The Kier molecular flexibility index (Phi) is 7.47. The van der Waals surface area contributed by atoms with E-state index in [4.69, 9.17) is 10.5 Å². The number of rotatable bonds is 10. The Bertz CT molecular complexity index is 1410. The van der Waals surface area contributed by atoms with Crippen molar-refractivity contribution in [2.24, 2.45) is 5.73 Å². The SMILES string of the molecule is Cc1cccc(C)c1-c1cc(OC[C@H](N)CC2(F)CCC2)nc(NS(=O)(=O)c2cccc(C(=O)O)c2)n1. The van der Waals surface area contributed by atoms with Crippen molar-refractivity contribution in [1.29, 1.82) is 0 Å². The number of halogens is 1. The van der Waals surface area contributed by atoms with Crippen molar-refractivity contribution < 1.29 is 27.4 Å². The third kappa shape index (κ3) is 6.23. The van der Waals surface area contributed by atoms with Crippen molar-refractivity contribution in [2.45, 2.75) is 56.1 Å². The number of carboxylic acid groups (broad SMARTS) is 1. The van der Waals surface area contributed by atoms with E-state index in [1.165, 1.54) is 18.2 Å². The van der Waals surface area contributed by atoms with Crippen molar-refractivity contribution in [3.05, 3.63) is 65.2 Å².